The quantitative estimate of drug-likeness (QED) is 0.827. The molecule has 0 amide bonds. The first-order valence-electron chi connectivity index (χ1n) is 6.60. The van der Waals surface area contributed by atoms with Gasteiger partial charge in [0.15, 0.2) is 5.76 Å². The molecular formula is C15H21N3O. The van der Waals surface area contributed by atoms with Crippen LogP contribution in [-0.2, 0) is 13.1 Å². The summed E-state index contributed by atoms with van der Waals surface area (Å²) in [5.74, 6) is 1.31. The van der Waals surface area contributed by atoms with Crippen LogP contribution in [0, 0.1) is 6.92 Å². The molecule has 4 heteroatoms. The largest absolute Gasteiger partial charge is 0.360 e. The summed E-state index contributed by atoms with van der Waals surface area (Å²) < 4.78 is 5.35. The first kappa shape index (κ1) is 13.7. The van der Waals surface area contributed by atoms with Gasteiger partial charge in [0.05, 0.1) is 17.9 Å². The molecule has 0 aromatic carbocycles. The fraction of sp³-hybridized carbons (Fsp3) is 0.467. The predicted octanol–water partition coefficient (Wildman–Crippen LogP) is 3.13. The highest BCUT2D eigenvalue weighted by atomic mass is 16.5. The molecule has 102 valence electrons. The summed E-state index contributed by atoms with van der Waals surface area (Å²) in [6.45, 7) is 7.87. The van der Waals surface area contributed by atoms with Crippen LogP contribution < -0.4 is 0 Å². The van der Waals surface area contributed by atoms with E-state index in [2.05, 4.69) is 48.9 Å². The molecule has 0 N–H and O–H groups in total. The van der Waals surface area contributed by atoms with Crippen molar-refractivity contribution in [3.05, 3.63) is 47.1 Å². The van der Waals surface area contributed by atoms with E-state index < -0.39 is 0 Å². The van der Waals surface area contributed by atoms with Crippen molar-refractivity contribution < 1.29 is 4.52 Å². The van der Waals surface area contributed by atoms with E-state index in [0.29, 0.717) is 5.92 Å². The van der Waals surface area contributed by atoms with E-state index in [-0.39, 0.29) is 0 Å². The van der Waals surface area contributed by atoms with E-state index in [1.165, 1.54) is 5.56 Å². The predicted molar refractivity (Wildman–Crippen MR) is 74.7 cm³/mol. The lowest BCUT2D eigenvalue weighted by Crippen LogP contribution is -2.18. The minimum Gasteiger partial charge on any atom is -0.360 e. The Balaban J connectivity index is 1.97. The standard InChI is InChI=1S/C15H21N3O/c1-11(2)14-8-13(19-17-14)9-18(4)10-15-12(3)6-5-7-16-15/h5-8,11H,9-10H2,1-4H3. The van der Waals surface area contributed by atoms with Crippen LogP contribution in [0.4, 0.5) is 0 Å². The average molecular weight is 259 g/mol. The number of hydrogen-bond donors (Lipinski definition) is 0. The summed E-state index contributed by atoms with van der Waals surface area (Å²) in [6, 6.07) is 6.08. The van der Waals surface area contributed by atoms with Crippen molar-refractivity contribution in [1.29, 1.82) is 0 Å². The van der Waals surface area contributed by atoms with Crippen molar-refractivity contribution in [2.45, 2.75) is 39.8 Å². The molecule has 0 atom stereocenters. The Bertz CT molecular complexity index is 534. The Morgan fingerprint density at radius 2 is 2.11 bits per heavy atom. The molecule has 0 unspecified atom stereocenters. The second-order valence-corrected chi connectivity index (χ2v) is 5.31. The molecule has 2 rings (SSSR count). The van der Waals surface area contributed by atoms with Gasteiger partial charge in [0.25, 0.3) is 0 Å². The molecule has 0 bridgehead atoms. The highest BCUT2D eigenvalue weighted by molar-refractivity contribution is 5.17. The van der Waals surface area contributed by atoms with Gasteiger partial charge in [-0.2, -0.15) is 0 Å². The lowest BCUT2D eigenvalue weighted by Gasteiger charge is -2.15. The summed E-state index contributed by atoms with van der Waals surface area (Å²) in [5, 5.41) is 4.08. The normalized spacial score (nSPS) is 11.5. The van der Waals surface area contributed by atoms with Crippen LogP contribution in [0.1, 0.15) is 42.5 Å². The second kappa shape index (κ2) is 5.97. The van der Waals surface area contributed by atoms with Gasteiger partial charge in [0.1, 0.15) is 0 Å². The van der Waals surface area contributed by atoms with Gasteiger partial charge in [-0.15, -0.1) is 0 Å². The van der Waals surface area contributed by atoms with Crippen LogP contribution in [0.15, 0.2) is 28.9 Å². The molecule has 19 heavy (non-hydrogen) atoms. The number of aromatic nitrogens is 2. The molecule has 0 aliphatic rings. The first-order chi connectivity index (χ1) is 9.06. The van der Waals surface area contributed by atoms with Crippen LogP contribution >= 0.6 is 0 Å². The summed E-state index contributed by atoms with van der Waals surface area (Å²) >= 11 is 0. The average Bonchev–Trinajstić information content (AvgIpc) is 2.80. The van der Waals surface area contributed by atoms with Gasteiger partial charge in [-0.05, 0) is 31.5 Å². The second-order valence-electron chi connectivity index (χ2n) is 5.31. The van der Waals surface area contributed by atoms with Gasteiger partial charge >= 0.3 is 0 Å². The molecule has 2 aromatic heterocycles. The summed E-state index contributed by atoms with van der Waals surface area (Å²) in [4.78, 5) is 6.59. The molecule has 2 heterocycles. The Kier molecular flexibility index (Phi) is 4.32. The van der Waals surface area contributed by atoms with Gasteiger partial charge in [0, 0.05) is 18.8 Å². The minimum atomic E-state index is 0.404. The van der Waals surface area contributed by atoms with Gasteiger partial charge < -0.3 is 4.52 Å². The van der Waals surface area contributed by atoms with Crippen LogP contribution in [0.5, 0.6) is 0 Å². The number of rotatable bonds is 5. The van der Waals surface area contributed by atoms with Crippen molar-refractivity contribution >= 4 is 0 Å². The summed E-state index contributed by atoms with van der Waals surface area (Å²) in [5.41, 5.74) is 3.33. The fourth-order valence-corrected chi connectivity index (χ4v) is 1.94. The first-order valence-corrected chi connectivity index (χ1v) is 6.60. The Hall–Kier alpha value is -1.68. The molecule has 4 nitrogen and oxygen atoms in total. The van der Waals surface area contributed by atoms with Crippen molar-refractivity contribution in [2.24, 2.45) is 0 Å². The molecule has 0 saturated carbocycles. The third-order valence-corrected chi connectivity index (χ3v) is 3.13. The third kappa shape index (κ3) is 3.64. The molecule has 0 aliphatic carbocycles. The number of nitrogens with zero attached hydrogens (tertiary/aromatic N) is 3. The van der Waals surface area contributed by atoms with E-state index in [1.807, 2.05) is 18.3 Å². The zero-order chi connectivity index (χ0) is 13.8. The third-order valence-electron chi connectivity index (χ3n) is 3.13. The van der Waals surface area contributed by atoms with Crippen LogP contribution in [0.25, 0.3) is 0 Å². The maximum Gasteiger partial charge on any atom is 0.150 e. The SMILES string of the molecule is Cc1cccnc1CN(C)Cc1cc(C(C)C)no1. The van der Waals surface area contributed by atoms with E-state index >= 15 is 0 Å². The van der Waals surface area contributed by atoms with Gasteiger partial charge in [-0.25, -0.2) is 0 Å². The molecule has 0 fully saturated rings. The van der Waals surface area contributed by atoms with Crippen LogP contribution in [0.3, 0.4) is 0 Å². The molecule has 2 aromatic rings. The zero-order valence-electron chi connectivity index (χ0n) is 12.1. The van der Waals surface area contributed by atoms with Gasteiger partial charge in [-0.1, -0.05) is 25.1 Å². The Morgan fingerprint density at radius 3 is 2.74 bits per heavy atom. The van der Waals surface area contributed by atoms with Gasteiger partial charge in [0.2, 0.25) is 0 Å². The topological polar surface area (TPSA) is 42.2 Å². The van der Waals surface area contributed by atoms with Crippen molar-refractivity contribution in [3.8, 4) is 0 Å². The number of pyridine rings is 1. The van der Waals surface area contributed by atoms with E-state index in [9.17, 15) is 0 Å². The van der Waals surface area contributed by atoms with Crippen molar-refractivity contribution in [2.75, 3.05) is 7.05 Å². The smallest absolute Gasteiger partial charge is 0.150 e. The Labute approximate surface area is 114 Å². The lowest BCUT2D eigenvalue weighted by molar-refractivity contribution is 0.263. The molecule has 0 spiro atoms. The maximum absolute atomic E-state index is 5.35. The highest BCUT2D eigenvalue weighted by Gasteiger charge is 2.11. The molecule has 0 aliphatic heterocycles. The Morgan fingerprint density at radius 1 is 1.32 bits per heavy atom. The zero-order valence-corrected chi connectivity index (χ0v) is 12.1. The van der Waals surface area contributed by atoms with E-state index in [4.69, 9.17) is 4.52 Å². The summed E-state index contributed by atoms with van der Waals surface area (Å²) in [7, 11) is 2.06. The molecule has 0 saturated heterocycles. The lowest BCUT2D eigenvalue weighted by atomic mass is 10.1. The molecule has 0 radical (unpaired) electrons. The molecular weight excluding hydrogens is 238 g/mol. The van der Waals surface area contributed by atoms with E-state index in [1.54, 1.807) is 0 Å². The van der Waals surface area contributed by atoms with Crippen molar-refractivity contribution in [3.63, 3.8) is 0 Å². The highest BCUT2D eigenvalue weighted by Crippen LogP contribution is 2.16. The minimum absolute atomic E-state index is 0.404. The van der Waals surface area contributed by atoms with Gasteiger partial charge in [-0.3, -0.25) is 9.88 Å². The van der Waals surface area contributed by atoms with Crippen LogP contribution in [0.2, 0.25) is 0 Å². The monoisotopic (exact) mass is 259 g/mol. The van der Waals surface area contributed by atoms with E-state index in [0.717, 1.165) is 30.2 Å². The summed E-state index contributed by atoms with van der Waals surface area (Å²) in [6.07, 6.45) is 1.83. The number of hydrogen-bond acceptors (Lipinski definition) is 4. The van der Waals surface area contributed by atoms with Crippen molar-refractivity contribution in [1.82, 2.24) is 15.0 Å². The maximum atomic E-state index is 5.35. The number of aryl methyl sites for hydroxylation is 1. The fourth-order valence-electron chi connectivity index (χ4n) is 1.94. The van der Waals surface area contributed by atoms with Crippen LogP contribution in [-0.4, -0.2) is 22.1 Å².